The molecule has 0 amide bonds. The van der Waals surface area contributed by atoms with Crippen LogP contribution in [0, 0.1) is 0 Å². The van der Waals surface area contributed by atoms with Crippen LogP contribution in [0.2, 0.25) is 0 Å². The molecule has 14 heavy (non-hydrogen) atoms. The fraction of sp³-hybridized carbons (Fsp3) is 1.00. The van der Waals surface area contributed by atoms with Crippen LogP contribution < -0.4 is 0 Å². The molecule has 2 rings (SSSR count). The first-order valence-electron chi connectivity index (χ1n) is 5.60. The van der Waals surface area contributed by atoms with Crippen molar-refractivity contribution >= 4 is 0 Å². The second-order valence-corrected chi connectivity index (χ2v) is 4.51. The number of hydrogen-bond donors (Lipinski definition) is 0. The minimum Gasteiger partial charge on any atom is -0.295 e. The van der Waals surface area contributed by atoms with Crippen molar-refractivity contribution in [1.29, 1.82) is 0 Å². The van der Waals surface area contributed by atoms with Crippen molar-refractivity contribution in [3.8, 4) is 0 Å². The van der Waals surface area contributed by atoms with E-state index in [9.17, 15) is 0 Å². The van der Waals surface area contributed by atoms with E-state index in [1.54, 1.807) is 0 Å². The summed E-state index contributed by atoms with van der Waals surface area (Å²) in [5, 5.41) is 3.79. The monoisotopic (exact) mass is 194 g/mol. The van der Waals surface area contributed by atoms with Crippen molar-refractivity contribution in [1.82, 2.24) is 4.90 Å². The fourth-order valence-corrected chi connectivity index (χ4v) is 3.23. The summed E-state index contributed by atoms with van der Waals surface area (Å²) >= 11 is 0. The molecule has 4 nitrogen and oxygen atoms in total. The van der Waals surface area contributed by atoms with Gasteiger partial charge in [-0.15, -0.1) is 0 Å². The standard InChI is InChI=1S/C10H18N4/c1-2-9-4-6-10(8-12-13-11)5-3-7-14(9)10/h9H,2-8H2,1H3. The van der Waals surface area contributed by atoms with E-state index < -0.39 is 0 Å². The lowest BCUT2D eigenvalue weighted by atomic mass is 9.94. The van der Waals surface area contributed by atoms with Crippen LogP contribution in [0.25, 0.3) is 10.4 Å². The molecule has 2 aliphatic rings. The van der Waals surface area contributed by atoms with Gasteiger partial charge in [0.05, 0.1) is 0 Å². The van der Waals surface area contributed by atoms with Gasteiger partial charge in [-0.3, -0.25) is 4.90 Å². The molecule has 0 aromatic carbocycles. The molecule has 0 aromatic heterocycles. The summed E-state index contributed by atoms with van der Waals surface area (Å²) in [5.41, 5.74) is 8.65. The zero-order valence-electron chi connectivity index (χ0n) is 8.82. The summed E-state index contributed by atoms with van der Waals surface area (Å²) in [6.45, 7) is 4.14. The lowest BCUT2D eigenvalue weighted by molar-refractivity contribution is 0.154. The lowest BCUT2D eigenvalue weighted by Crippen LogP contribution is -2.44. The van der Waals surface area contributed by atoms with Crippen molar-refractivity contribution < 1.29 is 0 Å². The fourth-order valence-electron chi connectivity index (χ4n) is 3.23. The number of nitrogens with zero attached hydrogens (tertiary/aromatic N) is 4. The van der Waals surface area contributed by atoms with Crippen molar-refractivity contribution in [3.05, 3.63) is 10.4 Å². The molecule has 2 atom stereocenters. The largest absolute Gasteiger partial charge is 0.295 e. The van der Waals surface area contributed by atoms with Gasteiger partial charge in [0.2, 0.25) is 0 Å². The molecule has 0 aromatic rings. The zero-order valence-corrected chi connectivity index (χ0v) is 8.82. The van der Waals surface area contributed by atoms with Gasteiger partial charge in [0.15, 0.2) is 0 Å². The van der Waals surface area contributed by atoms with E-state index >= 15 is 0 Å². The number of fused-ring (bicyclic) bond motifs is 1. The first-order valence-corrected chi connectivity index (χ1v) is 5.60. The summed E-state index contributed by atoms with van der Waals surface area (Å²) in [4.78, 5) is 5.50. The van der Waals surface area contributed by atoms with E-state index in [2.05, 4.69) is 21.8 Å². The van der Waals surface area contributed by atoms with Crippen LogP contribution in [0.1, 0.15) is 39.0 Å². The Bertz CT molecular complexity index is 259. The Morgan fingerprint density at radius 1 is 1.57 bits per heavy atom. The third-order valence-corrected chi connectivity index (χ3v) is 3.93. The molecule has 78 valence electrons. The van der Waals surface area contributed by atoms with Crippen molar-refractivity contribution in [2.75, 3.05) is 13.1 Å². The second kappa shape index (κ2) is 3.79. The normalized spacial score (nSPS) is 36.8. The van der Waals surface area contributed by atoms with Gasteiger partial charge in [-0.2, -0.15) is 0 Å². The van der Waals surface area contributed by atoms with Gasteiger partial charge in [-0.25, -0.2) is 0 Å². The van der Waals surface area contributed by atoms with Crippen LogP contribution in [-0.2, 0) is 0 Å². The molecule has 2 saturated heterocycles. The van der Waals surface area contributed by atoms with Crippen LogP contribution in [0.4, 0.5) is 0 Å². The van der Waals surface area contributed by atoms with Gasteiger partial charge >= 0.3 is 0 Å². The maximum absolute atomic E-state index is 8.41. The highest BCUT2D eigenvalue weighted by Crippen LogP contribution is 2.43. The van der Waals surface area contributed by atoms with Gasteiger partial charge in [0.25, 0.3) is 0 Å². The van der Waals surface area contributed by atoms with Gasteiger partial charge in [0, 0.05) is 23.0 Å². The van der Waals surface area contributed by atoms with E-state index in [-0.39, 0.29) is 5.54 Å². The molecule has 0 bridgehead atoms. The Morgan fingerprint density at radius 2 is 2.43 bits per heavy atom. The van der Waals surface area contributed by atoms with Gasteiger partial charge in [-0.1, -0.05) is 12.0 Å². The number of azide groups is 1. The van der Waals surface area contributed by atoms with E-state index in [0.717, 1.165) is 6.04 Å². The molecule has 0 N–H and O–H groups in total. The third kappa shape index (κ3) is 1.39. The quantitative estimate of drug-likeness (QED) is 0.387. The molecule has 2 unspecified atom stereocenters. The Morgan fingerprint density at radius 3 is 3.14 bits per heavy atom. The van der Waals surface area contributed by atoms with Crippen LogP contribution in [-0.4, -0.2) is 29.6 Å². The average molecular weight is 194 g/mol. The molecule has 0 saturated carbocycles. The molecule has 4 heteroatoms. The summed E-state index contributed by atoms with van der Waals surface area (Å²) < 4.78 is 0. The molecular weight excluding hydrogens is 176 g/mol. The average Bonchev–Trinajstić information content (AvgIpc) is 2.72. The summed E-state index contributed by atoms with van der Waals surface area (Å²) in [6, 6.07) is 0.742. The van der Waals surface area contributed by atoms with Gasteiger partial charge in [-0.05, 0) is 44.2 Å². The van der Waals surface area contributed by atoms with Crippen LogP contribution >= 0.6 is 0 Å². The van der Waals surface area contributed by atoms with E-state index in [0.29, 0.717) is 6.54 Å². The van der Waals surface area contributed by atoms with E-state index in [1.165, 1.54) is 38.6 Å². The molecule has 0 radical (unpaired) electrons. The number of rotatable bonds is 3. The first-order chi connectivity index (χ1) is 6.82. The minimum absolute atomic E-state index is 0.243. The highest BCUT2D eigenvalue weighted by molar-refractivity contribution is 5.05. The van der Waals surface area contributed by atoms with Crippen molar-refractivity contribution in [2.24, 2.45) is 5.11 Å². The summed E-state index contributed by atoms with van der Waals surface area (Å²) in [7, 11) is 0. The SMILES string of the molecule is CCC1CCC2(CN=[N+]=[N-])CCCN12. The van der Waals surface area contributed by atoms with Crippen LogP contribution in [0.3, 0.4) is 0 Å². The van der Waals surface area contributed by atoms with Crippen LogP contribution in [0.5, 0.6) is 0 Å². The van der Waals surface area contributed by atoms with E-state index in [1.807, 2.05) is 0 Å². The Hall–Kier alpha value is -0.730. The molecule has 2 aliphatic heterocycles. The predicted octanol–water partition coefficient (Wildman–Crippen LogP) is 2.70. The topological polar surface area (TPSA) is 52.0 Å². The minimum atomic E-state index is 0.243. The van der Waals surface area contributed by atoms with Crippen molar-refractivity contribution in [3.63, 3.8) is 0 Å². The summed E-state index contributed by atoms with van der Waals surface area (Å²) in [5.74, 6) is 0. The summed E-state index contributed by atoms with van der Waals surface area (Å²) in [6.07, 6.45) is 6.25. The Labute approximate surface area is 84.9 Å². The highest BCUT2D eigenvalue weighted by atomic mass is 15.3. The van der Waals surface area contributed by atoms with Crippen LogP contribution in [0.15, 0.2) is 5.11 Å². The third-order valence-electron chi connectivity index (χ3n) is 3.93. The lowest BCUT2D eigenvalue weighted by Gasteiger charge is -2.33. The Kier molecular flexibility index (Phi) is 2.66. The van der Waals surface area contributed by atoms with E-state index in [4.69, 9.17) is 5.53 Å². The Balaban J connectivity index is 2.13. The maximum Gasteiger partial charge on any atom is 0.0443 e. The maximum atomic E-state index is 8.41. The smallest absolute Gasteiger partial charge is 0.0443 e. The van der Waals surface area contributed by atoms with Gasteiger partial charge < -0.3 is 0 Å². The molecular formula is C10H18N4. The number of hydrogen-bond acceptors (Lipinski definition) is 2. The molecule has 0 spiro atoms. The highest BCUT2D eigenvalue weighted by Gasteiger charge is 2.47. The second-order valence-electron chi connectivity index (χ2n) is 4.51. The predicted molar refractivity (Wildman–Crippen MR) is 56.0 cm³/mol. The molecule has 2 heterocycles. The van der Waals surface area contributed by atoms with Crippen molar-refractivity contribution in [2.45, 2.75) is 50.6 Å². The zero-order chi connectivity index (χ0) is 10.0. The van der Waals surface area contributed by atoms with Gasteiger partial charge in [0.1, 0.15) is 0 Å². The molecule has 0 aliphatic carbocycles. The molecule has 2 fully saturated rings. The first kappa shape index (κ1) is 9.81.